The van der Waals surface area contributed by atoms with Crippen molar-refractivity contribution in [1.82, 2.24) is 0 Å². The standard InChI is InChI=1S/C16H17ClFNS/c1-2-12(19)9-11-7-8-15(13(17)10-11)20-16-6-4-3-5-14(16)18/h3-8,10,12H,2,9,19H2,1H3. The molecule has 0 amide bonds. The molecule has 0 saturated carbocycles. The van der Waals surface area contributed by atoms with E-state index in [9.17, 15) is 4.39 Å². The Balaban J connectivity index is 2.16. The highest BCUT2D eigenvalue weighted by atomic mass is 35.5. The largest absolute Gasteiger partial charge is 0.327 e. The Hall–Kier alpha value is -1.03. The minimum Gasteiger partial charge on any atom is -0.327 e. The van der Waals surface area contributed by atoms with Gasteiger partial charge in [-0.15, -0.1) is 0 Å². The SMILES string of the molecule is CCC(N)Cc1ccc(Sc2ccccc2F)c(Cl)c1. The monoisotopic (exact) mass is 309 g/mol. The molecule has 2 aromatic rings. The minimum atomic E-state index is -0.231. The summed E-state index contributed by atoms with van der Waals surface area (Å²) in [6.45, 7) is 2.06. The lowest BCUT2D eigenvalue weighted by Gasteiger charge is -2.11. The predicted octanol–water partition coefficient (Wildman–Crippen LogP) is 4.91. The van der Waals surface area contributed by atoms with Crippen LogP contribution in [0.25, 0.3) is 0 Å². The van der Waals surface area contributed by atoms with E-state index in [0.717, 1.165) is 23.3 Å². The van der Waals surface area contributed by atoms with Crippen LogP contribution in [0.15, 0.2) is 52.3 Å². The molecule has 0 spiro atoms. The molecule has 0 aliphatic heterocycles. The summed E-state index contributed by atoms with van der Waals surface area (Å²) >= 11 is 7.61. The topological polar surface area (TPSA) is 26.0 Å². The first-order valence-electron chi connectivity index (χ1n) is 6.56. The van der Waals surface area contributed by atoms with Gasteiger partial charge in [-0.1, -0.05) is 48.5 Å². The van der Waals surface area contributed by atoms with Gasteiger partial charge in [0, 0.05) is 15.8 Å². The molecule has 1 nitrogen and oxygen atoms in total. The van der Waals surface area contributed by atoms with Crippen molar-refractivity contribution in [2.45, 2.75) is 35.6 Å². The van der Waals surface area contributed by atoms with Crippen molar-refractivity contribution in [3.05, 3.63) is 58.9 Å². The number of rotatable bonds is 5. The first-order chi connectivity index (χ1) is 9.60. The van der Waals surface area contributed by atoms with Crippen molar-refractivity contribution in [3.8, 4) is 0 Å². The van der Waals surface area contributed by atoms with Crippen molar-refractivity contribution in [3.63, 3.8) is 0 Å². The van der Waals surface area contributed by atoms with Crippen LogP contribution in [0.5, 0.6) is 0 Å². The summed E-state index contributed by atoms with van der Waals surface area (Å²) in [5.41, 5.74) is 7.05. The van der Waals surface area contributed by atoms with Crippen molar-refractivity contribution >= 4 is 23.4 Å². The van der Waals surface area contributed by atoms with Gasteiger partial charge in [-0.3, -0.25) is 0 Å². The lowest BCUT2D eigenvalue weighted by molar-refractivity contribution is 0.602. The first-order valence-corrected chi connectivity index (χ1v) is 7.76. The molecule has 0 heterocycles. The Labute approximate surface area is 128 Å². The van der Waals surface area contributed by atoms with Gasteiger partial charge >= 0.3 is 0 Å². The number of nitrogens with two attached hydrogens (primary N) is 1. The Bertz CT molecular complexity index is 588. The summed E-state index contributed by atoms with van der Waals surface area (Å²) < 4.78 is 13.6. The Kier molecular flexibility index (Phi) is 5.46. The van der Waals surface area contributed by atoms with Crippen molar-refractivity contribution in [2.75, 3.05) is 0 Å². The van der Waals surface area contributed by atoms with Crippen molar-refractivity contribution in [2.24, 2.45) is 5.73 Å². The zero-order chi connectivity index (χ0) is 14.5. The fraction of sp³-hybridized carbons (Fsp3) is 0.250. The predicted molar refractivity (Wildman–Crippen MR) is 83.9 cm³/mol. The van der Waals surface area contributed by atoms with Crippen LogP contribution in [-0.4, -0.2) is 6.04 Å². The number of hydrogen-bond acceptors (Lipinski definition) is 2. The van der Waals surface area contributed by atoms with Gasteiger partial charge < -0.3 is 5.73 Å². The van der Waals surface area contributed by atoms with E-state index in [1.54, 1.807) is 12.1 Å². The third-order valence-electron chi connectivity index (χ3n) is 3.08. The highest BCUT2D eigenvalue weighted by Gasteiger charge is 2.09. The van der Waals surface area contributed by atoms with Gasteiger partial charge in [0.05, 0.1) is 5.02 Å². The maximum atomic E-state index is 13.6. The molecule has 2 aromatic carbocycles. The number of halogens is 2. The van der Waals surface area contributed by atoms with E-state index < -0.39 is 0 Å². The molecule has 0 bridgehead atoms. The van der Waals surface area contributed by atoms with E-state index in [-0.39, 0.29) is 11.9 Å². The van der Waals surface area contributed by atoms with Crippen LogP contribution >= 0.6 is 23.4 Å². The average molecular weight is 310 g/mol. The van der Waals surface area contributed by atoms with Gasteiger partial charge in [0.1, 0.15) is 5.82 Å². The smallest absolute Gasteiger partial charge is 0.137 e. The minimum absolute atomic E-state index is 0.149. The van der Waals surface area contributed by atoms with E-state index in [0.29, 0.717) is 9.92 Å². The molecule has 4 heteroatoms. The van der Waals surface area contributed by atoms with Gasteiger partial charge in [0.2, 0.25) is 0 Å². The number of hydrogen-bond donors (Lipinski definition) is 1. The fourth-order valence-corrected chi connectivity index (χ4v) is 3.01. The third kappa shape index (κ3) is 3.98. The molecular formula is C16H17ClFNS. The van der Waals surface area contributed by atoms with Crippen molar-refractivity contribution in [1.29, 1.82) is 0 Å². The quantitative estimate of drug-likeness (QED) is 0.849. The molecule has 1 unspecified atom stereocenters. The second-order valence-electron chi connectivity index (χ2n) is 4.67. The van der Waals surface area contributed by atoms with E-state index >= 15 is 0 Å². The van der Waals surface area contributed by atoms with Crippen LogP contribution < -0.4 is 5.73 Å². The second-order valence-corrected chi connectivity index (χ2v) is 6.16. The molecule has 0 saturated heterocycles. The molecule has 0 fully saturated rings. The molecule has 0 aromatic heterocycles. The van der Waals surface area contributed by atoms with Crippen LogP contribution in [0.2, 0.25) is 5.02 Å². The van der Waals surface area contributed by atoms with Gasteiger partial charge in [-0.25, -0.2) is 4.39 Å². The van der Waals surface area contributed by atoms with E-state index in [1.165, 1.54) is 17.8 Å². The third-order valence-corrected chi connectivity index (χ3v) is 4.63. The van der Waals surface area contributed by atoms with E-state index in [1.807, 2.05) is 24.3 Å². The maximum absolute atomic E-state index is 13.6. The molecule has 0 aliphatic carbocycles. The van der Waals surface area contributed by atoms with Gasteiger partial charge in [0.15, 0.2) is 0 Å². The van der Waals surface area contributed by atoms with Crippen LogP contribution in [0.4, 0.5) is 4.39 Å². The molecule has 2 N–H and O–H groups in total. The van der Waals surface area contributed by atoms with Gasteiger partial charge in [-0.05, 0) is 42.7 Å². The van der Waals surface area contributed by atoms with Crippen LogP contribution in [-0.2, 0) is 6.42 Å². The van der Waals surface area contributed by atoms with E-state index in [4.69, 9.17) is 17.3 Å². The summed E-state index contributed by atoms with van der Waals surface area (Å²) in [6, 6.07) is 12.7. The summed E-state index contributed by atoms with van der Waals surface area (Å²) in [5.74, 6) is -0.231. The Morgan fingerprint density at radius 1 is 1.20 bits per heavy atom. The molecule has 106 valence electrons. The van der Waals surface area contributed by atoms with Gasteiger partial charge in [-0.2, -0.15) is 0 Å². The summed E-state index contributed by atoms with van der Waals surface area (Å²) in [6.07, 6.45) is 1.74. The van der Waals surface area contributed by atoms with E-state index in [2.05, 4.69) is 6.92 Å². The fourth-order valence-electron chi connectivity index (χ4n) is 1.85. The molecule has 2 rings (SSSR count). The summed E-state index contributed by atoms with van der Waals surface area (Å²) in [5, 5.41) is 0.638. The zero-order valence-electron chi connectivity index (χ0n) is 11.3. The first kappa shape index (κ1) is 15.4. The summed E-state index contributed by atoms with van der Waals surface area (Å²) in [4.78, 5) is 1.43. The second kappa shape index (κ2) is 7.11. The maximum Gasteiger partial charge on any atom is 0.137 e. The molecular weight excluding hydrogens is 293 g/mol. The van der Waals surface area contributed by atoms with Crippen LogP contribution in [0, 0.1) is 5.82 Å². The normalized spacial score (nSPS) is 12.4. The molecule has 0 aliphatic rings. The molecule has 20 heavy (non-hydrogen) atoms. The van der Waals surface area contributed by atoms with Gasteiger partial charge in [0.25, 0.3) is 0 Å². The lowest BCUT2D eigenvalue weighted by atomic mass is 10.1. The lowest BCUT2D eigenvalue weighted by Crippen LogP contribution is -2.21. The van der Waals surface area contributed by atoms with Crippen LogP contribution in [0.3, 0.4) is 0 Å². The Morgan fingerprint density at radius 3 is 2.60 bits per heavy atom. The zero-order valence-corrected chi connectivity index (χ0v) is 12.8. The van der Waals surface area contributed by atoms with Crippen molar-refractivity contribution < 1.29 is 4.39 Å². The average Bonchev–Trinajstić information content (AvgIpc) is 2.44. The summed E-state index contributed by atoms with van der Waals surface area (Å²) in [7, 11) is 0. The highest BCUT2D eigenvalue weighted by molar-refractivity contribution is 7.99. The van der Waals surface area contributed by atoms with Crippen LogP contribution in [0.1, 0.15) is 18.9 Å². The highest BCUT2D eigenvalue weighted by Crippen LogP contribution is 2.35. The molecule has 1 atom stereocenters. The molecule has 0 radical (unpaired) electrons. The number of benzene rings is 2. The Morgan fingerprint density at radius 2 is 1.95 bits per heavy atom.